The molecule has 0 saturated heterocycles. The molecule has 0 radical (unpaired) electrons. The van der Waals surface area contributed by atoms with Gasteiger partial charge in [-0.3, -0.25) is 9.48 Å². The first-order chi connectivity index (χ1) is 19.0. The van der Waals surface area contributed by atoms with E-state index in [1.807, 2.05) is 37.7 Å². The van der Waals surface area contributed by atoms with E-state index in [0.717, 1.165) is 47.6 Å². The summed E-state index contributed by atoms with van der Waals surface area (Å²) in [4.78, 5) is 25.0. The van der Waals surface area contributed by atoms with Gasteiger partial charge in [0.15, 0.2) is 5.82 Å². The molecule has 0 aliphatic heterocycles. The van der Waals surface area contributed by atoms with Crippen LogP contribution in [-0.2, 0) is 18.5 Å². The molecule has 2 heterocycles. The van der Waals surface area contributed by atoms with Crippen LogP contribution in [0.15, 0.2) is 42.6 Å². The van der Waals surface area contributed by atoms with E-state index in [9.17, 15) is 9.90 Å². The SMILES string of the molecule is CCn1ncc(CN(C)C(=O)c2nc(-c3ccc(OCCCNC)c(C(C)(C)C)c3)nc3ccc(O)cc23)c1C. The molecule has 2 aromatic heterocycles. The van der Waals surface area contributed by atoms with Gasteiger partial charge in [0.05, 0.1) is 18.3 Å². The second-order valence-electron chi connectivity index (χ2n) is 11.1. The average molecular weight is 545 g/mol. The fourth-order valence-electron chi connectivity index (χ4n) is 4.69. The largest absolute Gasteiger partial charge is 0.508 e. The number of nitrogens with zero attached hydrogens (tertiary/aromatic N) is 5. The number of phenolic OH excluding ortho intramolecular Hbond substituents is 1. The molecule has 0 saturated carbocycles. The number of hydrogen-bond donors (Lipinski definition) is 2. The molecule has 2 N–H and O–H groups in total. The Morgan fingerprint density at radius 2 is 1.93 bits per heavy atom. The molecular weight excluding hydrogens is 504 g/mol. The molecule has 4 rings (SSSR count). The number of ether oxygens (including phenoxy) is 1. The molecule has 0 aliphatic rings. The Morgan fingerprint density at radius 1 is 1.15 bits per heavy atom. The molecule has 0 atom stereocenters. The summed E-state index contributed by atoms with van der Waals surface area (Å²) in [6.45, 7) is 13.1. The van der Waals surface area contributed by atoms with Crippen molar-refractivity contribution in [3.8, 4) is 22.9 Å². The van der Waals surface area contributed by atoms with Gasteiger partial charge in [0.25, 0.3) is 5.91 Å². The van der Waals surface area contributed by atoms with Crippen LogP contribution in [0.25, 0.3) is 22.3 Å². The minimum absolute atomic E-state index is 0.0513. The first-order valence-corrected chi connectivity index (χ1v) is 13.7. The van der Waals surface area contributed by atoms with Crippen LogP contribution in [0.3, 0.4) is 0 Å². The van der Waals surface area contributed by atoms with Crippen LogP contribution in [0.5, 0.6) is 11.5 Å². The summed E-state index contributed by atoms with van der Waals surface area (Å²) in [6.07, 6.45) is 2.70. The monoisotopic (exact) mass is 544 g/mol. The van der Waals surface area contributed by atoms with Gasteiger partial charge >= 0.3 is 0 Å². The third-order valence-electron chi connectivity index (χ3n) is 7.01. The van der Waals surface area contributed by atoms with E-state index < -0.39 is 0 Å². The number of aryl methyl sites for hydroxylation is 1. The van der Waals surface area contributed by atoms with Crippen molar-refractivity contribution in [2.24, 2.45) is 0 Å². The molecule has 212 valence electrons. The zero-order chi connectivity index (χ0) is 29.0. The Kier molecular flexibility index (Phi) is 8.73. The maximum atomic E-state index is 13.8. The molecule has 1 amide bonds. The second kappa shape index (κ2) is 12.0. The van der Waals surface area contributed by atoms with E-state index in [4.69, 9.17) is 14.7 Å². The van der Waals surface area contributed by atoms with E-state index in [1.54, 1.807) is 36.3 Å². The van der Waals surface area contributed by atoms with Crippen LogP contribution in [0.4, 0.5) is 0 Å². The van der Waals surface area contributed by atoms with Gasteiger partial charge in [-0.2, -0.15) is 5.10 Å². The Bertz CT molecular complexity index is 1510. The standard InChI is InChI=1S/C31H40N6O3/c1-8-37-20(2)22(18-33-37)19-36(7)30(39)28-24-17-23(38)11-12-26(24)34-29(35-28)21-10-13-27(40-15-9-14-32-6)25(16-21)31(3,4)5/h10-13,16-18,32,38H,8-9,14-15,19H2,1-7H3. The van der Waals surface area contributed by atoms with Crippen LogP contribution < -0.4 is 10.1 Å². The molecule has 2 aromatic carbocycles. The van der Waals surface area contributed by atoms with Gasteiger partial charge in [0.1, 0.15) is 17.2 Å². The summed E-state index contributed by atoms with van der Waals surface area (Å²) in [5.74, 6) is 1.06. The minimum Gasteiger partial charge on any atom is -0.508 e. The fraction of sp³-hybridized carbons (Fsp3) is 0.419. The summed E-state index contributed by atoms with van der Waals surface area (Å²) in [5, 5.41) is 18.3. The number of aromatic nitrogens is 4. The lowest BCUT2D eigenvalue weighted by Crippen LogP contribution is -2.27. The van der Waals surface area contributed by atoms with Gasteiger partial charge in [0.2, 0.25) is 0 Å². The topological polar surface area (TPSA) is 105 Å². The maximum Gasteiger partial charge on any atom is 0.273 e. The molecule has 0 bridgehead atoms. The number of rotatable bonds is 10. The number of carbonyl (C=O) groups excluding carboxylic acids is 1. The smallest absolute Gasteiger partial charge is 0.273 e. The number of carbonyl (C=O) groups is 1. The minimum atomic E-state index is -0.261. The molecule has 0 fully saturated rings. The third-order valence-corrected chi connectivity index (χ3v) is 7.01. The number of nitrogens with one attached hydrogen (secondary N) is 1. The average Bonchev–Trinajstić information content (AvgIpc) is 3.28. The van der Waals surface area contributed by atoms with Crippen molar-refractivity contribution in [3.63, 3.8) is 0 Å². The Balaban J connectivity index is 1.75. The lowest BCUT2D eigenvalue weighted by Gasteiger charge is -2.24. The number of hydrogen-bond acceptors (Lipinski definition) is 7. The zero-order valence-corrected chi connectivity index (χ0v) is 24.6. The molecule has 9 heteroatoms. The number of phenols is 1. The first kappa shape index (κ1) is 29.0. The molecule has 4 aromatic rings. The third kappa shape index (κ3) is 6.25. The Morgan fingerprint density at radius 3 is 2.60 bits per heavy atom. The van der Waals surface area contributed by atoms with Crippen molar-refractivity contribution in [2.75, 3.05) is 27.2 Å². The summed E-state index contributed by atoms with van der Waals surface area (Å²) in [5.41, 5.74) is 4.46. The van der Waals surface area contributed by atoms with Crippen molar-refractivity contribution in [2.45, 2.75) is 59.5 Å². The van der Waals surface area contributed by atoms with Crippen molar-refractivity contribution in [1.29, 1.82) is 0 Å². The van der Waals surface area contributed by atoms with Crippen LogP contribution in [0.2, 0.25) is 0 Å². The van der Waals surface area contributed by atoms with Crippen LogP contribution >= 0.6 is 0 Å². The molecule has 40 heavy (non-hydrogen) atoms. The van der Waals surface area contributed by atoms with E-state index >= 15 is 0 Å². The van der Waals surface area contributed by atoms with Crippen LogP contribution in [-0.4, -0.2) is 62.9 Å². The zero-order valence-electron chi connectivity index (χ0n) is 24.6. The van der Waals surface area contributed by atoms with E-state index in [0.29, 0.717) is 29.9 Å². The normalized spacial score (nSPS) is 11.7. The van der Waals surface area contributed by atoms with Crippen molar-refractivity contribution in [1.82, 2.24) is 30.0 Å². The summed E-state index contributed by atoms with van der Waals surface area (Å²) in [7, 11) is 3.68. The maximum absolute atomic E-state index is 13.8. The van der Waals surface area contributed by atoms with E-state index in [-0.39, 0.29) is 22.8 Å². The van der Waals surface area contributed by atoms with Gasteiger partial charge in [-0.25, -0.2) is 9.97 Å². The summed E-state index contributed by atoms with van der Waals surface area (Å²) < 4.78 is 8.04. The van der Waals surface area contributed by atoms with Gasteiger partial charge in [-0.15, -0.1) is 0 Å². The predicted octanol–water partition coefficient (Wildman–Crippen LogP) is 5.09. The van der Waals surface area contributed by atoms with Gasteiger partial charge in [0, 0.05) is 47.9 Å². The second-order valence-corrected chi connectivity index (χ2v) is 11.1. The molecule has 0 spiro atoms. The van der Waals surface area contributed by atoms with Gasteiger partial charge in [-0.1, -0.05) is 20.8 Å². The number of benzene rings is 2. The van der Waals surface area contributed by atoms with Gasteiger partial charge < -0.3 is 20.1 Å². The highest BCUT2D eigenvalue weighted by atomic mass is 16.5. The lowest BCUT2D eigenvalue weighted by atomic mass is 9.85. The first-order valence-electron chi connectivity index (χ1n) is 13.7. The number of fused-ring (bicyclic) bond motifs is 1. The van der Waals surface area contributed by atoms with Crippen LogP contribution in [0, 0.1) is 6.92 Å². The van der Waals surface area contributed by atoms with Gasteiger partial charge in [-0.05, 0) is 75.7 Å². The molecule has 9 nitrogen and oxygen atoms in total. The van der Waals surface area contributed by atoms with E-state index in [2.05, 4.69) is 37.3 Å². The fourth-order valence-corrected chi connectivity index (χ4v) is 4.69. The predicted molar refractivity (Wildman–Crippen MR) is 158 cm³/mol. The molecule has 0 aliphatic carbocycles. The highest BCUT2D eigenvalue weighted by Crippen LogP contribution is 2.35. The lowest BCUT2D eigenvalue weighted by molar-refractivity contribution is 0.0781. The van der Waals surface area contributed by atoms with Crippen molar-refractivity contribution >= 4 is 16.8 Å². The quantitative estimate of drug-likeness (QED) is 0.268. The number of aromatic hydroxyl groups is 1. The summed E-state index contributed by atoms with van der Waals surface area (Å²) in [6, 6.07) is 10.8. The number of amides is 1. The van der Waals surface area contributed by atoms with E-state index in [1.165, 1.54) is 0 Å². The highest BCUT2D eigenvalue weighted by Gasteiger charge is 2.24. The van der Waals surface area contributed by atoms with Crippen molar-refractivity contribution < 1.29 is 14.6 Å². The molecule has 0 unspecified atom stereocenters. The Hall–Kier alpha value is -3.98. The van der Waals surface area contributed by atoms with Crippen molar-refractivity contribution in [3.05, 3.63) is 65.1 Å². The summed E-state index contributed by atoms with van der Waals surface area (Å²) >= 11 is 0. The van der Waals surface area contributed by atoms with Crippen LogP contribution in [0.1, 0.15) is 61.4 Å². The highest BCUT2D eigenvalue weighted by molar-refractivity contribution is 6.05. The molecular formula is C31H40N6O3. The Labute approximate surface area is 236 Å².